The highest BCUT2D eigenvalue weighted by atomic mass is 16.5. The molecule has 0 saturated carbocycles. The summed E-state index contributed by atoms with van der Waals surface area (Å²) in [5, 5.41) is 0. The Morgan fingerprint density at radius 1 is 0.862 bits per heavy atom. The van der Waals surface area contributed by atoms with Gasteiger partial charge >= 0.3 is 5.97 Å². The molecule has 0 aliphatic carbocycles. The van der Waals surface area contributed by atoms with Crippen molar-refractivity contribution in [3.05, 3.63) is 89.5 Å². The summed E-state index contributed by atoms with van der Waals surface area (Å²) in [4.78, 5) is 11.5. The fraction of sp³-hybridized carbons (Fsp3) is 0.240. The average Bonchev–Trinajstić information content (AvgIpc) is 2.73. The molecule has 4 nitrogen and oxygen atoms in total. The molecule has 0 amide bonds. The molecule has 0 atom stereocenters. The number of esters is 1. The molecule has 0 aromatic heterocycles. The molecule has 3 aromatic carbocycles. The van der Waals surface area contributed by atoms with Crippen molar-refractivity contribution < 1.29 is 19.0 Å². The summed E-state index contributed by atoms with van der Waals surface area (Å²) >= 11 is 0. The third-order valence-corrected chi connectivity index (χ3v) is 4.43. The van der Waals surface area contributed by atoms with Gasteiger partial charge in [0, 0.05) is 6.42 Å². The van der Waals surface area contributed by atoms with Crippen LogP contribution < -0.4 is 9.47 Å². The number of rotatable bonds is 9. The fourth-order valence-corrected chi connectivity index (χ4v) is 2.99. The van der Waals surface area contributed by atoms with Crippen molar-refractivity contribution in [2.45, 2.75) is 33.3 Å². The summed E-state index contributed by atoms with van der Waals surface area (Å²) in [6, 6.07) is 23.6. The van der Waals surface area contributed by atoms with E-state index in [-0.39, 0.29) is 5.97 Å². The minimum Gasteiger partial charge on any atom is -0.489 e. The molecule has 0 aliphatic heterocycles. The first-order valence-corrected chi connectivity index (χ1v) is 9.84. The van der Waals surface area contributed by atoms with Crippen molar-refractivity contribution in [1.29, 1.82) is 0 Å². The normalized spacial score (nSPS) is 10.4. The van der Waals surface area contributed by atoms with Gasteiger partial charge in [0.15, 0.2) is 0 Å². The number of carbonyl (C=O) groups excluding carboxylic acids is 1. The predicted octanol–water partition coefficient (Wildman–Crippen LogP) is 5.86. The SMILES string of the molecule is CCOC(=O)CCc1ccc(OCc2cccc(Oc3ccccc3)c2)c(C)c1. The molecule has 0 radical (unpaired) electrons. The molecule has 0 heterocycles. The number of ether oxygens (including phenoxy) is 3. The van der Waals surface area contributed by atoms with Gasteiger partial charge in [0.2, 0.25) is 0 Å². The summed E-state index contributed by atoms with van der Waals surface area (Å²) in [7, 11) is 0. The first-order valence-electron chi connectivity index (χ1n) is 9.84. The van der Waals surface area contributed by atoms with Crippen LogP contribution >= 0.6 is 0 Å². The van der Waals surface area contributed by atoms with E-state index in [4.69, 9.17) is 14.2 Å². The van der Waals surface area contributed by atoms with Crippen LogP contribution in [0.5, 0.6) is 17.2 Å². The second kappa shape index (κ2) is 10.3. The molecule has 3 aromatic rings. The zero-order chi connectivity index (χ0) is 20.5. The lowest BCUT2D eigenvalue weighted by molar-refractivity contribution is -0.143. The van der Waals surface area contributed by atoms with Gasteiger partial charge in [0.05, 0.1) is 6.61 Å². The monoisotopic (exact) mass is 390 g/mol. The summed E-state index contributed by atoms with van der Waals surface area (Å²) in [5.41, 5.74) is 3.17. The Morgan fingerprint density at radius 3 is 2.41 bits per heavy atom. The lowest BCUT2D eigenvalue weighted by atomic mass is 10.1. The topological polar surface area (TPSA) is 44.8 Å². The van der Waals surface area contributed by atoms with Crippen LogP contribution in [0, 0.1) is 6.92 Å². The molecule has 0 aliphatic rings. The molecular formula is C25H26O4. The van der Waals surface area contributed by atoms with Crippen molar-refractivity contribution >= 4 is 5.97 Å². The summed E-state index contributed by atoms with van der Waals surface area (Å²) in [5.74, 6) is 2.26. The van der Waals surface area contributed by atoms with E-state index in [0.717, 1.165) is 33.9 Å². The van der Waals surface area contributed by atoms with E-state index in [9.17, 15) is 4.79 Å². The quantitative estimate of drug-likeness (QED) is 0.429. The number of hydrogen-bond acceptors (Lipinski definition) is 4. The van der Waals surface area contributed by atoms with Crippen molar-refractivity contribution in [2.75, 3.05) is 6.61 Å². The summed E-state index contributed by atoms with van der Waals surface area (Å²) in [6.45, 7) is 4.70. The number of benzene rings is 3. The Balaban J connectivity index is 1.57. The van der Waals surface area contributed by atoms with E-state index in [1.807, 2.05) is 80.6 Å². The number of aryl methyl sites for hydroxylation is 2. The van der Waals surface area contributed by atoms with Crippen LogP contribution in [0.25, 0.3) is 0 Å². The lowest BCUT2D eigenvalue weighted by Crippen LogP contribution is -2.05. The zero-order valence-corrected chi connectivity index (χ0v) is 16.9. The van der Waals surface area contributed by atoms with Gasteiger partial charge in [-0.3, -0.25) is 4.79 Å². The minimum atomic E-state index is -0.164. The minimum absolute atomic E-state index is 0.164. The van der Waals surface area contributed by atoms with Gasteiger partial charge in [0.1, 0.15) is 23.9 Å². The zero-order valence-electron chi connectivity index (χ0n) is 16.9. The summed E-state index contributed by atoms with van der Waals surface area (Å²) < 4.78 is 16.9. The van der Waals surface area contributed by atoms with Crippen LogP contribution in [0.15, 0.2) is 72.8 Å². The maximum atomic E-state index is 11.5. The average molecular weight is 390 g/mol. The molecule has 0 fully saturated rings. The molecule has 3 rings (SSSR count). The van der Waals surface area contributed by atoms with Gasteiger partial charge < -0.3 is 14.2 Å². The molecular weight excluding hydrogens is 364 g/mol. The van der Waals surface area contributed by atoms with Crippen LogP contribution in [0.2, 0.25) is 0 Å². The standard InChI is InChI=1S/C25H26O4/c1-3-27-25(26)15-13-20-12-14-24(19(2)16-20)28-18-21-8-7-11-23(17-21)29-22-9-5-4-6-10-22/h4-12,14,16-17H,3,13,15,18H2,1-2H3. The van der Waals surface area contributed by atoms with Crippen LogP contribution in [-0.2, 0) is 22.6 Å². The van der Waals surface area contributed by atoms with Gasteiger partial charge in [-0.1, -0.05) is 42.5 Å². The van der Waals surface area contributed by atoms with Crippen LogP contribution in [0.3, 0.4) is 0 Å². The number of para-hydroxylation sites is 1. The van der Waals surface area contributed by atoms with Gasteiger partial charge in [-0.05, 0) is 67.3 Å². The highest BCUT2D eigenvalue weighted by molar-refractivity contribution is 5.69. The molecule has 0 bridgehead atoms. The third kappa shape index (κ3) is 6.39. The highest BCUT2D eigenvalue weighted by Gasteiger charge is 2.06. The fourth-order valence-electron chi connectivity index (χ4n) is 2.99. The highest BCUT2D eigenvalue weighted by Crippen LogP contribution is 2.24. The van der Waals surface area contributed by atoms with E-state index in [1.165, 1.54) is 0 Å². The smallest absolute Gasteiger partial charge is 0.306 e. The van der Waals surface area contributed by atoms with Gasteiger partial charge in [-0.2, -0.15) is 0 Å². The van der Waals surface area contributed by atoms with Crippen LogP contribution in [0.1, 0.15) is 30.0 Å². The number of carbonyl (C=O) groups is 1. The predicted molar refractivity (Wildman–Crippen MR) is 113 cm³/mol. The van der Waals surface area contributed by atoms with E-state index in [2.05, 4.69) is 6.07 Å². The van der Waals surface area contributed by atoms with E-state index >= 15 is 0 Å². The first kappa shape index (κ1) is 20.5. The molecule has 0 unspecified atom stereocenters. The second-order valence-corrected chi connectivity index (χ2v) is 6.76. The van der Waals surface area contributed by atoms with Crippen LogP contribution in [-0.4, -0.2) is 12.6 Å². The Labute approximate surface area is 172 Å². The Hall–Kier alpha value is -3.27. The number of hydrogen-bond donors (Lipinski definition) is 0. The first-order chi connectivity index (χ1) is 14.1. The molecule has 29 heavy (non-hydrogen) atoms. The van der Waals surface area contributed by atoms with E-state index in [0.29, 0.717) is 26.1 Å². The van der Waals surface area contributed by atoms with Gasteiger partial charge in [-0.25, -0.2) is 0 Å². The van der Waals surface area contributed by atoms with Crippen LogP contribution in [0.4, 0.5) is 0 Å². The summed E-state index contributed by atoms with van der Waals surface area (Å²) in [6.07, 6.45) is 1.06. The Kier molecular flexibility index (Phi) is 7.28. The maximum Gasteiger partial charge on any atom is 0.306 e. The maximum absolute atomic E-state index is 11.5. The Bertz CT molecular complexity index is 935. The second-order valence-electron chi connectivity index (χ2n) is 6.76. The van der Waals surface area contributed by atoms with E-state index < -0.39 is 0 Å². The van der Waals surface area contributed by atoms with Crippen molar-refractivity contribution in [2.24, 2.45) is 0 Å². The third-order valence-electron chi connectivity index (χ3n) is 4.43. The van der Waals surface area contributed by atoms with Crippen molar-refractivity contribution in [1.82, 2.24) is 0 Å². The van der Waals surface area contributed by atoms with Crippen molar-refractivity contribution in [3.63, 3.8) is 0 Å². The Morgan fingerprint density at radius 2 is 1.66 bits per heavy atom. The molecule has 0 saturated heterocycles. The van der Waals surface area contributed by atoms with Gasteiger partial charge in [-0.15, -0.1) is 0 Å². The van der Waals surface area contributed by atoms with Gasteiger partial charge in [0.25, 0.3) is 0 Å². The molecule has 150 valence electrons. The molecule has 0 spiro atoms. The molecule has 0 N–H and O–H groups in total. The lowest BCUT2D eigenvalue weighted by Gasteiger charge is -2.12. The largest absolute Gasteiger partial charge is 0.489 e. The van der Waals surface area contributed by atoms with E-state index in [1.54, 1.807) is 0 Å². The molecule has 4 heteroatoms. The van der Waals surface area contributed by atoms with Crippen molar-refractivity contribution in [3.8, 4) is 17.2 Å².